The lowest BCUT2D eigenvalue weighted by atomic mass is 9.88. The molecule has 3 rings (SSSR count). The van der Waals surface area contributed by atoms with Crippen LogP contribution in [0.2, 0.25) is 0 Å². The highest BCUT2D eigenvalue weighted by Crippen LogP contribution is 2.31. The molecule has 4 heteroatoms. The third kappa shape index (κ3) is 1.29. The van der Waals surface area contributed by atoms with Gasteiger partial charge in [-0.25, -0.2) is 4.79 Å². The molecule has 0 spiro atoms. The number of carbonyl (C=O) groups excluding carboxylic acids is 1. The van der Waals surface area contributed by atoms with Crippen molar-refractivity contribution < 1.29 is 4.79 Å². The van der Waals surface area contributed by atoms with Crippen LogP contribution in [0.15, 0.2) is 0 Å². The number of urea groups is 1. The lowest BCUT2D eigenvalue weighted by Crippen LogP contribution is -2.70. The predicted molar refractivity (Wildman–Crippen MR) is 50.6 cm³/mol. The van der Waals surface area contributed by atoms with E-state index in [0.29, 0.717) is 12.1 Å². The highest BCUT2D eigenvalue weighted by molar-refractivity contribution is 5.75. The van der Waals surface area contributed by atoms with Gasteiger partial charge < -0.3 is 14.7 Å². The van der Waals surface area contributed by atoms with Crippen molar-refractivity contribution in [1.82, 2.24) is 14.7 Å². The fraction of sp³-hybridized carbons (Fsp3) is 0.889. The summed E-state index contributed by atoms with van der Waals surface area (Å²) in [6, 6.07) is 1.12. The molecule has 0 aromatic rings. The number of likely N-dealkylation sites (N-methyl/N-ethyl adjacent to an activating group) is 1. The van der Waals surface area contributed by atoms with Crippen molar-refractivity contribution in [2.24, 2.45) is 0 Å². The largest absolute Gasteiger partial charge is 0.331 e. The van der Waals surface area contributed by atoms with Crippen molar-refractivity contribution >= 4 is 6.03 Å². The van der Waals surface area contributed by atoms with Crippen LogP contribution in [0.4, 0.5) is 4.79 Å². The van der Waals surface area contributed by atoms with Crippen molar-refractivity contribution in [3.8, 4) is 0 Å². The molecule has 13 heavy (non-hydrogen) atoms. The smallest absolute Gasteiger partial charge is 0.320 e. The fourth-order valence-electron chi connectivity index (χ4n) is 2.36. The maximum atomic E-state index is 11.7. The second-order valence-electron chi connectivity index (χ2n) is 4.35. The molecule has 0 saturated carbocycles. The summed E-state index contributed by atoms with van der Waals surface area (Å²) in [7, 11) is 5.76. The van der Waals surface area contributed by atoms with Gasteiger partial charge in [0, 0.05) is 39.3 Å². The van der Waals surface area contributed by atoms with E-state index in [1.54, 1.807) is 4.90 Å². The van der Waals surface area contributed by atoms with Crippen LogP contribution in [0.1, 0.15) is 6.42 Å². The predicted octanol–water partition coefficient (Wildman–Crippen LogP) is 0.0563. The molecule has 3 fully saturated rings. The molecule has 3 saturated heterocycles. The molecule has 0 aromatic heterocycles. The van der Waals surface area contributed by atoms with E-state index in [9.17, 15) is 4.79 Å². The molecule has 3 aliphatic heterocycles. The number of piperidine rings is 1. The minimum absolute atomic E-state index is 0.175. The Balaban J connectivity index is 2.01. The summed E-state index contributed by atoms with van der Waals surface area (Å²) in [6.07, 6.45) is 1.20. The van der Waals surface area contributed by atoms with Crippen LogP contribution in [-0.2, 0) is 0 Å². The number of amides is 2. The zero-order valence-electron chi connectivity index (χ0n) is 8.53. The Morgan fingerprint density at radius 2 is 1.85 bits per heavy atom. The lowest BCUT2D eigenvalue weighted by Gasteiger charge is -2.56. The third-order valence-electron chi connectivity index (χ3n) is 2.98. The molecule has 3 heterocycles. The normalized spacial score (nSPS) is 32.7. The Labute approximate surface area is 79.1 Å². The van der Waals surface area contributed by atoms with Crippen molar-refractivity contribution in [1.29, 1.82) is 0 Å². The number of hydrogen-bond acceptors (Lipinski definition) is 2. The molecule has 0 N–H and O–H groups in total. The summed E-state index contributed by atoms with van der Waals surface area (Å²) < 4.78 is 0. The summed E-state index contributed by atoms with van der Waals surface area (Å²) in [4.78, 5) is 17.7. The van der Waals surface area contributed by atoms with Crippen LogP contribution < -0.4 is 0 Å². The number of carbonyl (C=O) groups is 1. The molecule has 74 valence electrons. The van der Waals surface area contributed by atoms with Crippen LogP contribution in [0, 0.1) is 0 Å². The molecule has 2 bridgehead atoms. The Kier molecular flexibility index (Phi) is 1.95. The molecule has 0 aromatic carbocycles. The van der Waals surface area contributed by atoms with E-state index in [-0.39, 0.29) is 6.03 Å². The second kappa shape index (κ2) is 2.87. The maximum Gasteiger partial charge on any atom is 0.320 e. The van der Waals surface area contributed by atoms with Gasteiger partial charge in [-0.1, -0.05) is 0 Å². The summed E-state index contributed by atoms with van der Waals surface area (Å²) in [5.74, 6) is 0. The first kappa shape index (κ1) is 8.81. The second-order valence-corrected chi connectivity index (χ2v) is 4.35. The van der Waals surface area contributed by atoms with Crippen LogP contribution in [0.25, 0.3) is 0 Å². The quantitative estimate of drug-likeness (QED) is 0.531. The van der Waals surface area contributed by atoms with Crippen molar-refractivity contribution in [2.75, 3.05) is 34.2 Å². The van der Waals surface area contributed by atoms with Gasteiger partial charge in [0.15, 0.2) is 0 Å². The molecule has 2 unspecified atom stereocenters. The van der Waals surface area contributed by atoms with Gasteiger partial charge in [-0.3, -0.25) is 0 Å². The van der Waals surface area contributed by atoms with Gasteiger partial charge in [-0.05, 0) is 13.5 Å². The fourth-order valence-corrected chi connectivity index (χ4v) is 2.36. The summed E-state index contributed by atoms with van der Waals surface area (Å²) in [5.41, 5.74) is 0. The van der Waals surface area contributed by atoms with Gasteiger partial charge in [-0.2, -0.15) is 0 Å². The summed E-state index contributed by atoms with van der Waals surface area (Å²) in [6.45, 7) is 2.08. The van der Waals surface area contributed by atoms with Gasteiger partial charge in [0.05, 0.1) is 0 Å². The van der Waals surface area contributed by atoms with Crippen molar-refractivity contribution in [2.45, 2.75) is 18.5 Å². The number of hydrogen-bond donors (Lipinski definition) is 0. The molecule has 2 atom stereocenters. The minimum atomic E-state index is 0.175. The highest BCUT2D eigenvalue weighted by Gasteiger charge is 2.46. The average molecular weight is 183 g/mol. The van der Waals surface area contributed by atoms with E-state index in [0.717, 1.165) is 13.1 Å². The number of fused-ring (bicyclic) bond motifs is 2. The maximum absolute atomic E-state index is 11.7. The molecular formula is C9H17N3O. The number of rotatable bonds is 0. The topological polar surface area (TPSA) is 26.8 Å². The highest BCUT2D eigenvalue weighted by atomic mass is 16.2. The Hall–Kier alpha value is -0.770. The average Bonchev–Trinajstić information content (AvgIpc) is 2.03. The van der Waals surface area contributed by atoms with Crippen LogP contribution >= 0.6 is 0 Å². The summed E-state index contributed by atoms with van der Waals surface area (Å²) >= 11 is 0. The molecule has 2 amide bonds. The van der Waals surface area contributed by atoms with Crippen LogP contribution in [0.3, 0.4) is 0 Å². The van der Waals surface area contributed by atoms with E-state index in [1.165, 1.54) is 6.42 Å². The molecule has 3 aliphatic rings. The number of piperazine rings is 1. The van der Waals surface area contributed by atoms with Crippen molar-refractivity contribution in [3.63, 3.8) is 0 Å². The van der Waals surface area contributed by atoms with Crippen LogP contribution in [-0.4, -0.2) is 67.0 Å². The van der Waals surface area contributed by atoms with E-state index in [2.05, 4.69) is 11.9 Å². The van der Waals surface area contributed by atoms with E-state index in [1.807, 2.05) is 19.0 Å². The van der Waals surface area contributed by atoms with Gasteiger partial charge in [0.25, 0.3) is 0 Å². The molecule has 0 radical (unpaired) electrons. The zero-order valence-corrected chi connectivity index (χ0v) is 8.53. The first-order valence-corrected chi connectivity index (χ1v) is 4.77. The van der Waals surface area contributed by atoms with Gasteiger partial charge in [0.1, 0.15) is 0 Å². The monoisotopic (exact) mass is 183 g/mol. The van der Waals surface area contributed by atoms with E-state index >= 15 is 0 Å². The number of nitrogens with zero attached hydrogens (tertiary/aromatic N) is 3. The zero-order chi connectivity index (χ0) is 9.59. The van der Waals surface area contributed by atoms with Gasteiger partial charge >= 0.3 is 6.03 Å². The SMILES string of the molecule is CN1CC2CC(C1)N2C(=O)N(C)C. The standard InChI is InChI=1S/C9H17N3O/c1-10(2)9(13)12-7-4-8(12)6-11(3)5-7/h7-8H,4-6H2,1-3H3. The minimum Gasteiger partial charge on any atom is -0.331 e. The first-order chi connectivity index (χ1) is 6.09. The Morgan fingerprint density at radius 3 is 2.31 bits per heavy atom. The van der Waals surface area contributed by atoms with E-state index < -0.39 is 0 Å². The van der Waals surface area contributed by atoms with Gasteiger partial charge in [0.2, 0.25) is 0 Å². The molecule has 0 aliphatic carbocycles. The van der Waals surface area contributed by atoms with Gasteiger partial charge in [-0.15, -0.1) is 0 Å². The lowest BCUT2D eigenvalue weighted by molar-refractivity contribution is -0.0339. The van der Waals surface area contributed by atoms with E-state index in [4.69, 9.17) is 0 Å². The Morgan fingerprint density at radius 1 is 1.31 bits per heavy atom. The van der Waals surface area contributed by atoms with Crippen LogP contribution in [0.5, 0.6) is 0 Å². The Bertz CT molecular complexity index is 217. The molecule has 4 nitrogen and oxygen atoms in total. The molecular weight excluding hydrogens is 166 g/mol. The van der Waals surface area contributed by atoms with Crippen molar-refractivity contribution in [3.05, 3.63) is 0 Å². The third-order valence-corrected chi connectivity index (χ3v) is 2.98. The summed E-state index contributed by atoms with van der Waals surface area (Å²) in [5, 5.41) is 0. The first-order valence-electron chi connectivity index (χ1n) is 4.77.